The molecule has 0 aliphatic carbocycles. The van der Waals surface area contributed by atoms with Gasteiger partial charge in [-0.1, -0.05) is 13.3 Å². The van der Waals surface area contributed by atoms with Crippen molar-refractivity contribution in [3.05, 3.63) is 0 Å². The number of nitrogens with one attached hydrogen (secondary N) is 2. The number of carbonyl (C=O) groups excluding carboxylic acids is 1. The van der Waals surface area contributed by atoms with Gasteiger partial charge in [0.15, 0.2) is 0 Å². The molecule has 3 aliphatic heterocycles. The van der Waals surface area contributed by atoms with E-state index in [0.29, 0.717) is 24.0 Å². The first kappa shape index (κ1) is 19.0. The van der Waals surface area contributed by atoms with Crippen LogP contribution in [0.3, 0.4) is 0 Å². The maximum absolute atomic E-state index is 12.3. The van der Waals surface area contributed by atoms with E-state index in [0.717, 1.165) is 25.9 Å². The third kappa shape index (κ3) is 4.04. The molecule has 0 radical (unpaired) electrons. The summed E-state index contributed by atoms with van der Waals surface area (Å²) in [6.07, 6.45) is 6.27. The standard InChI is InChI=1S/C15H27N3O.2ClH/c1-10(11-8-16-9-11)15(19)17-12-6-13-4-3-5-14(7-12)18(13)2;;/h10-14,16H,3-9H2,1-2H3,(H,17,19);2*1H. The first-order valence-electron chi connectivity index (χ1n) is 7.88. The van der Waals surface area contributed by atoms with Crippen LogP contribution < -0.4 is 10.6 Å². The van der Waals surface area contributed by atoms with Crippen LogP contribution in [0.25, 0.3) is 0 Å². The molecule has 4 nitrogen and oxygen atoms in total. The molecule has 3 rings (SSSR count). The molecule has 124 valence electrons. The molecule has 2 bridgehead atoms. The molecule has 0 saturated carbocycles. The second kappa shape index (κ2) is 8.00. The van der Waals surface area contributed by atoms with Gasteiger partial charge in [-0.25, -0.2) is 0 Å². The van der Waals surface area contributed by atoms with E-state index in [-0.39, 0.29) is 36.6 Å². The molecule has 3 atom stereocenters. The molecular weight excluding hydrogens is 309 g/mol. The average molecular weight is 338 g/mol. The van der Waals surface area contributed by atoms with Crippen LogP contribution >= 0.6 is 24.8 Å². The number of carbonyl (C=O) groups is 1. The lowest BCUT2D eigenvalue weighted by Crippen LogP contribution is -2.57. The summed E-state index contributed by atoms with van der Waals surface area (Å²) in [5, 5.41) is 6.58. The van der Waals surface area contributed by atoms with Crippen molar-refractivity contribution in [2.45, 2.75) is 57.2 Å². The highest BCUT2D eigenvalue weighted by Crippen LogP contribution is 2.32. The molecule has 6 heteroatoms. The predicted octanol–water partition coefficient (Wildman–Crippen LogP) is 1.82. The number of hydrogen-bond donors (Lipinski definition) is 2. The zero-order valence-electron chi connectivity index (χ0n) is 13.0. The van der Waals surface area contributed by atoms with E-state index in [4.69, 9.17) is 0 Å². The lowest BCUT2D eigenvalue weighted by Gasteiger charge is -2.47. The van der Waals surface area contributed by atoms with Gasteiger partial charge in [0.25, 0.3) is 0 Å². The largest absolute Gasteiger partial charge is 0.353 e. The van der Waals surface area contributed by atoms with Gasteiger partial charge in [0.05, 0.1) is 0 Å². The second-order valence-electron chi connectivity index (χ2n) is 6.79. The van der Waals surface area contributed by atoms with Gasteiger partial charge in [0.1, 0.15) is 0 Å². The molecule has 3 unspecified atom stereocenters. The van der Waals surface area contributed by atoms with E-state index in [1.54, 1.807) is 0 Å². The predicted molar refractivity (Wildman–Crippen MR) is 90.4 cm³/mol. The van der Waals surface area contributed by atoms with Gasteiger partial charge in [0, 0.05) is 24.0 Å². The molecule has 21 heavy (non-hydrogen) atoms. The molecular formula is C15H29Cl2N3O. The van der Waals surface area contributed by atoms with Crippen molar-refractivity contribution in [2.75, 3.05) is 20.1 Å². The van der Waals surface area contributed by atoms with Gasteiger partial charge in [-0.3, -0.25) is 4.79 Å². The summed E-state index contributed by atoms with van der Waals surface area (Å²) in [6.45, 7) is 4.09. The Morgan fingerprint density at radius 2 is 1.76 bits per heavy atom. The van der Waals surface area contributed by atoms with Crippen LogP contribution in [-0.4, -0.2) is 49.1 Å². The Hall–Kier alpha value is -0.0300. The van der Waals surface area contributed by atoms with Crippen molar-refractivity contribution < 1.29 is 4.79 Å². The Labute approximate surface area is 140 Å². The van der Waals surface area contributed by atoms with Crippen molar-refractivity contribution >= 4 is 30.7 Å². The summed E-state index contributed by atoms with van der Waals surface area (Å²) in [7, 11) is 2.26. The van der Waals surface area contributed by atoms with E-state index in [1.807, 2.05) is 0 Å². The van der Waals surface area contributed by atoms with Crippen molar-refractivity contribution in [1.29, 1.82) is 0 Å². The average Bonchev–Trinajstić information content (AvgIpc) is 2.28. The second-order valence-corrected chi connectivity index (χ2v) is 6.79. The summed E-state index contributed by atoms with van der Waals surface area (Å²) in [5.74, 6) is 0.991. The number of nitrogens with zero attached hydrogens (tertiary/aromatic N) is 1. The smallest absolute Gasteiger partial charge is 0.223 e. The molecule has 3 heterocycles. The summed E-state index contributed by atoms with van der Waals surface area (Å²) in [4.78, 5) is 14.8. The number of fused-ring (bicyclic) bond motifs is 2. The van der Waals surface area contributed by atoms with Gasteiger partial charge in [-0.2, -0.15) is 0 Å². The van der Waals surface area contributed by atoms with Crippen LogP contribution in [0, 0.1) is 11.8 Å². The van der Waals surface area contributed by atoms with Gasteiger partial charge in [0.2, 0.25) is 5.91 Å². The Balaban J connectivity index is 0.00000110. The van der Waals surface area contributed by atoms with Crippen LogP contribution in [0.15, 0.2) is 0 Å². The molecule has 0 spiro atoms. The zero-order chi connectivity index (χ0) is 13.4. The maximum Gasteiger partial charge on any atom is 0.223 e. The maximum atomic E-state index is 12.3. The molecule has 2 N–H and O–H groups in total. The topological polar surface area (TPSA) is 44.4 Å². The molecule has 3 fully saturated rings. The van der Waals surface area contributed by atoms with Crippen LogP contribution in [0.5, 0.6) is 0 Å². The third-order valence-electron chi connectivity index (χ3n) is 5.62. The normalized spacial score (nSPS) is 33.9. The number of hydrogen-bond acceptors (Lipinski definition) is 3. The van der Waals surface area contributed by atoms with E-state index in [2.05, 4.69) is 29.5 Å². The van der Waals surface area contributed by atoms with Crippen molar-refractivity contribution in [3.8, 4) is 0 Å². The highest BCUT2D eigenvalue weighted by atomic mass is 35.5. The molecule has 0 aromatic rings. The fraction of sp³-hybridized carbons (Fsp3) is 0.933. The lowest BCUT2D eigenvalue weighted by atomic mass is 9.81. The van der Waals surface area contributed by atoms with Crippen molar-refractivity contribution in [2.24, 2.45) is 11.8 Å². The molecule has 1 amide bonds. The Kier molecular flexibility index (Phi) is 7.25. The zero-order valence-corrected chi connectivity index (χ0v) is 14.6. The van der Waals surface area contributed by atoms with Crippen LogP contribution in [0.1, 0.15) is 39.0 Å². The fourth-order valence-corrected chi connectivity index (χ4v) is 3.94. The summed E-state index contributed by atoms with van der Waals surface area (Å²) >= 11 is 0. The summed E-state index contributed by atoms with van der Waals surface area (Å²) in [6, 6.07) is 1.80. The minimum Gasteiger partial charge on any atom is -0.353 e. The lowest BCUT2D eigenvalue weighted by molar-refractivity contribution is -0.128. The summed E-state index contributed by atoms with van der Waals surface area (Å²) < 4.78 is 0. The van der Waals surface area contributed by atoms with Gasteiger partial charge < -0.3 is 15.5 Å². The van der Waals surface area contributed by atoms with E-state index in [9.17, 15) is 4.79 Å². The highest BCUT2D eigenvalue weighted by Gasteiger charge is 2.37. The minimum atomic E-state index is 0. The SMILES string of the molecule is CC(C(=O)NC1CC2CCCC(C1)N2C)C1CNC1.Cl.Cl. The Morgan fingerprint density at radius 3 is 2.24 bits per heavy atom. The number of piperidine rings is 2. The van der Waals surface area contributed by atoms with Crippen LogP contribution in [0.4, 0.5) is 0 Å². The monoisotopic (exact) mass is 337 g/mol. The number of rotatable bonds is 3. The first-order valence-corrected chi connectivity index (χ1v) is 7.88. The molecule has 3 aliphatic rings. The minimum absolute atomic E-state index is 0. The van der Waals surface area contributed by atoms with Gasteiger partial charge >= 0.3 is 0 Å². The van der Waals surface area contributed by atoms with Crippen LogP contribution in [0.2, 0.25) is 0 Å². The molecule has 3 saturated heterocycles. The Morgan fingerprint density at radius 1 is 1.19 bits per heavy atom. The quantitative estimate of drug-likeness (QED) is 0.825. The van der Waals surface area contributed by atoms with Gasteiger partial charge in [-0.05, 0) is 51.7 Å². The van der Waals surface area contributed by atoms with Crippen molar-refractivity contribution in [1.82, 2.24) is 15.5 Å². The highest BCUT2D eigenvalue weighted by molar-refractivity contribution is 5.85. The number of halogens is 2. The summed E-state index contributed by atoms with van der Waals surface area (Å²) in [5.41, 5.74) is 0. The van der Waals surface area contributed by atoms with Gasteiger partial charge in [-0.15, -0.1) is 24.8 Å². The van der Waals surface area contributed by atoms with E-state index in [1.165, 1.54) is 19.3 Å². The van der Waals surface area contributed by atoms with E-state index < -0.39 is 0 Å². The third-order valence-corrected chi connectivity index (χ3v) is 5.62. The molecule has 0 aromatic carbocycles. The fourth-order valence-electron chi connectivity index (χ4n) is 3.94. The van der Waals surface area contributed by atoms with Crippen molar-refractivity contribution in [3.63, 3.8) is 0 Å². The molecule has 0 aromatic heterocycles. The Bertz CT molecular complexity index is 338. The van der Waals surface area contributed by atoms with Crippen LogP contribution in [-0.2, 0) is 4.79 Å². The first-order chi connectivity index (χ1) is 9.15. The number of amides is 1. The van der Waals surface area contributed by atoms with E-state index >= 15 is 0 Å².